The lowest BCUT2D eigenvalue weighted by Crippen LogP contribution is -2.05. The number of benzene rings is 1. The fourth-order valence-electron chi connectivity index (χ4n) is 1.27. The zero-order valence-corrected chi connectivity index (χ0v) is 8.42. The van der Waals surface area contributed by atoms with Gasteiger partial charge in [-0.1, -0.05) is 0 Å². The van der Waals surface area contributed by atoms with Gasteiger partial charge in [-0.15, -0.1) is 0 Å². The molecule has 0 amide bonds. The second kappa shape index (κ2) is 3.93. The molecule has 0 unspecified atom stereocenters. The van der Waals surface area contributed by atoms with Gasteiger partial charge in [0.2, 0.25) is 0 Å². The van der Waals surface area contributed by atoms with Crippen LogP contribution in [0.5, 0.6) is 0 Å². The molecule has 1 aromatic carbocycles. The smallest absolute Gasteiger partial charge is 0.338 e. The van der Waals surface area contributed by atoms with Crippen LogP contribution in [0.4, 0.5) is 0 Å². The maximum Gasteiger partial charge on any atom is 0.338 e. The lowest BCUT2D eigenvalue weighted by Gasteiger charge is -2.07. The Kier molecular flexibility index (Phi) is 2.88. The van der Waals surface area contributed by atoms with Crippen molar-refractivity contribution in [3.05, 3.63) is 34.4 Å². The average Bonchev–Trinajstić information content (AvgIpc) is 2.21. The van der Waals surface area contributed by atoms with Crippen molar-refractivity contribution in [3.63, 3.8) is 0 Å². The molecule has 0 radical (unpaired) electrons. The third kappa shape index (κ3) is 1.60. The maximum absolute atomic E-state index is 11.3. The maximum atomic E-state index is 11.3. The van der Waals surface area contributed by atoms with Crippen molar-refractivity contribution in [1.29, 1.82) is 5.26 Å². The SMILES string of the molecule is COC(=O)c1ccc(C#N)c(C)c1C. The summed E-state index contributed by atoms with van der Waals surface area (Å²) >= 11 is 0. The number of hydrogen-bond acceptors (Lipinski definition) is 3. The molecule has 0 aliphatic heterocycles. The molecule has 1 aromatic rings. The fraction of sp³-hybridized carbons (Fsp3) is 0.273. The van der Waals surface area contributed by atoms with E-state index in [-0.39, 0.29) is 5.97 Å². The quantitative estimate of drug-likeness (QED) is 0.634. The van der Waals surface area contributed by atoms with Gasteiger partial charge in [-0.2, -0.15) is 5.26 Å². The number of nitriles is 1. The number of esters is 1. The van der Waals surface area contributed by atoms with Crippen LogP contribution in [0.25, 0.3) is 0 Å². The zero-order valence-electron chi connectivity index (χ0n) is 8.42. The first kappa shape index (κ1) is 10.3. The third-order valence-electron chi connectivity index (χ3n) is 2.31. The number of carbonyl (C=O) groups is 1. The molecule has 0 aromatic heterocycles. The van der Waals surface area contributed by atoms with E-state index in [2.05, 4.69) is 10.8 Å². The Balaban J connectivity index is 3.33. The normalized spacial score (nSPS) is 9.29. The minimum Gasteiger partial charge on any atom is -0.465 e. The summed E-state index contributed by atoms with van der Waals surface area (Å²) in [7, 11) is 1.34. The van der Waals surface area contributed by atoms with Crippen molar-refractivity contribution in [2.24, 2.45) is 0 Å². The first-order chi connectivity index (χ1) is 6.61. The van der Waals surface area contributed by atoms with Gasteiger partial charge in [0.15, 0.2) is 0 Å². The van der Waals surface area contributed by atoms with Crippen LogP contribution in [-0.2, 0) is 4.74 Å². The van der Waals surface area contributed by atoms with E-state index in [1.807, 2.05) is 13.8 Å². The molecule has 3 nitrogen and oxygen atoms in total. The van der Waals surface area contributed by atoms with Crippen molar-refractivity contribution in [3.8, 4) is 6.07 Å². The second-order valence-corrected chi connectivity index (χ2v) is 3.01. The third-order valence-corrected chi connectivity index (χ3v) is 2.31. The van der Waals surface area contributed by atoms with Crippen LogP contribution in [0, 0.1) is 25.2 Å². The van der Waals surface area contributed by atoms with Crippen molar-refractivity contribution < 1.29 is 9.53 Å². The molecule has 0 atom stereocenters. The van der Waals surface area contributed by atoms with Crippen LogP contribution in [0.15, 0.2) is 12.1 Å². The van der Waals surface area contributed by atoms with Gasteiger partial charge < -0.3 is 4.74 Å². The molecule has 3 heteroatoms. The lowest BCUT2D eigenvalue weighted by molar-refractivity contribution is 0.0600. The topological polar surface area (TPSA) is 50.1 Å². The predicted molar refractivity (Wildman–Crippen MR) is 52.0 cm³/mol. The van der Waals surface area contributed by atoms with E-state index in [0.29, 0.717) is 11.1 Å². The van der Waals surface area contributed by atoms with E-state index in [4.69, 9.17) is 5.26 Å². The summed E-state index contributed by atoms with van der Waals surface area (Å²) in [6.45, 7) is 3.63. The first-order valence-electron chi connectivity index (χ1n) is 4.20. The second-order valence-electron chi connectivity index (χ2n) is 3.01. The van der Waals surface area contributed by atoms with Crippen LogP contribution in [0.2, 0.25) is 0 Å². The van der Waals surface area contributed by atoms with E-state index >= 15 is 0 Å². The van der Waals surface area contributed by atoms with E-state index in [0.717, 1.165) is 11.1 Å². The highest BCUT2D eigenvalue weighted by Gasteiger charge is 2.12. The van der Waals surface area contributed by atoms with Gasteiger partial charge in [0, 0.05) is 0 Å². The van der Waals surface area contributed by atoms with Gasteiger partial charge >= 0.3 is 5.97 Å². The van der Waals surface area contributed by atoms with Gasteiger partial charge in [-0.05, 0) is 37.1 Å². The Morgan fingerprint density at radius 1 is 1.36 bits per heavy atom. The average molecular weight is 189 g/mol. The summed E-state index contributed by atoms with van der Waals surface area (Å²) in [6.07, 6.45) is 0. The molecule has 0 aliphatic carbocycles. The Labute approximate surface area is 82.9 Å². The zero-order chi connectivity index (χ0) is 10.7. The fourth-order valence-corrected chi connectivity index (χ4v) is 1.27. The number of nitrogens with zero attached hydrogens (tertiary/aromatic N) is 1. The van der Waals surface area contributed by atoms with E-state index < -0.39 is 0 Å². The number of hydrogen-bond donors (Lipinski definition) is 0. The lowest BCUT2D eigenvalue weighted by atomic mass is 9.99. The summed E-state index contributed by atoms with van der Waals surface area (Å²) in [5, 5.41) is 8.76. The van der Waals surface area contributed by atoms with Crippen LogP contribution < -0.4 is 0 Å². The van der Waals surface area contributed by atoms with Gasteiger partial charge in [0.05, 0.1) is 24.3 Å². The predicted octanol–water partition coefficient (Wildman–Crippen LogP) is 1.96. The van der Waals surface area contributed by atoms with Gasteiger partial charge in [0.1, 0.15) is 0 Å². The van der Waals surface area contributed by atoms with Crippen LogP contribution >= 0.6 is 0 Å². The molecular formula is C11H11NO2. The van der Waals surface area contributed by atoms with Crippen molar-refractivity contribution in [2.45, 2.75) is 13.8 Å². The highest BCUT2D eigenvalue weighted by molar-refractivity contribution is 5.91. The molecule has 0 saturated heterocycles. The largest absolute Gasteiger partial charge is 0.465 e. The molecule has 72 valence electrons. The molecule has 14 heavy (non-hydrogen) atoms. The molecule has 0 saturated carbocycles. The van der Waals surface area contributed by atoms with Gasteiger partial charge in [-0.3, -0.25) is 0 Å². The van der Waals surface area contributed by atoms with Crippen LogP contribution in [0.3, 0.4) is 0 Å². The number of rotatable bonds is 1. The highest BCUT2D eigenvalue weighted by Crippen LogP contribution is 2.17. The summed E-state index contributed by atoms with van der Waals surface area (Å²) in [6, 6.07) is 5.32. The minimum absolute atomic E-state index is 0.366. The number of ether oxygens (including phenoxy) is 1. The summed E-state index contributed by atoms with van der Waals surface area (Å²) in [5.41, 5.74) is 2.74. The van der Waals surface area contributed by atoms with E-state index in [9.17, 15) is 4.79 Å². The summed E-state index contributed by atoms with van der Waals surface area (Å²) in [5.74, 6) is -0.366. The van der Waals surface area contributed by atoms with E-state index in [1.54, 1.807) is 12.1 Å². The molecule has 0 bridgehead atoms. The summed E-state index contributed by atoms with van der Waals surface area (Å²) < 4.78 is 4.62. The molecule has 0 N–H and O–H groups in total. The van der Waals surface area contributed by atoms with Crippen molar-refractivity contribution in [1.82, 2.24) is 0 Å². The molecule has 0 aliphatic rings. The summed E-state index contributed by atoms with van der Waals surface area (Å²) in [4.78, 5) is 11.3. The monoisotopic (exact) mass is 189 g/mol. The Bertz CT molecular complexity index is 416. The molecular weight excluding hydrogens is 178 g/mol. The van der Waals surface area contributed by atoms with Crippen LogP contribution in [0.1, 0.15) is 27.0 Å². The number of carbonyl (C=O) groups excluding carboxylic acids is 1. The minimum atomic E-state index is -0.366. The molecule has 0 spiro atoms. The van der Waals surface area contributed by atoms with Crippen LogP contribution in [-0.4, -0.2) is 13.1 Å². The molecule has 0 heterocycles. The Morgan fingerprint density at radius 3 is 2.50 bits per heavy atom. The molecule has 1 rings (SSSR count). The highest BCUT2D eigenvalue weighted by atomic mass is 16.5. The number of methoxy groups -OCH3 is 1. The Morgan fingerprint density at radius 2 is 2.00 bits per heavy atom. The Hall–Kier alpha value is -1.82. The standard InChI is InChI=1S/C11H11NO2/c1-7-8(2)10(11(13)14-3)5-4-9(7)6-12/h4-5H,1-3H3. The van der Waals surface area contributed by atoms with Gasteiger partial charge in [-0.25, -0.2) is 4.79 Å². The van der Waals surface area contributed by atoms with Gasteiger partial charge in [0.25, 0.3) is 0 Å². The first-order valence-corrected chi connectivity index (χ1v) is 4.20. The molecule has 0 fully saturated rings. The van der Waals surface area contributed by atoms with Crippen molar-refractivity contribution >= 4 is 5.97 Å². The van der Waals surface area contributed by atoms with Crippen molar-refractivity contribution in [2.75, 3.05) is 7.11 Å². The van der Waals surface area contributed by atoms with E-state index in [1.165, 1.54) is 7.11 Å².